The lowest BCUT2D eigenvalue weighted by molar-refractivity contribution is -0.136. The number of nitrogens with zero attached hydrogens (tertiary/aromatic N) is 1. The molecule has 0 saturated carbocycles. The van der Waals surface area contributed by atoms with Gasteiger partial charge in [-0.1, -0.05) is 24.3 Å². The first kappa shape index (κ1) is 18.3. The maximum Gasteiger partial charge on any atom is 0.307 e. The van der Waals surface area contributed by atoms with Gasteiger partial charge in [-0.05, 0) is 43.7 Å². The third-order valence-corrected chi connectivity index (χ3v) is 3.76. The molecule has 0 bridgehead atoms. The molecule has 1 N–H and O–H groups in total. The summed E-state index contributed by atoms with van der Waals surface area (Å²) >= 11 is 0. The largest absolute Gasteiger partial charge is 0.497 e. The Kier molecular flexibility index (Phi) is 5.60. The molecule has 0 atom stereocenters. The lowest BCUT2D eigenvalue weighted by Crippen LogP contribution is -2.11. The molecule has 1 aromatic heterocycles. The maximum absolute atomic E-state index is 12.9. The summed E-state index contributed by atoms with van der Waals surface area (Å²) in [6.45, 7) is 7.41. The Labute approximate surface area is 146 Å². The normalized spacial score (nSPS) is 11.9. The van der Waals surface area contributed by atoms with Crippen molar-refractivity contribution in [3.8, 4) is 5.75 Å². The average Bonchev–Trinajstić information content (AvgIpc) is 2.92. The van der Waals surface area contributed by atoms with Gasteiger partial charge >= 0.3 is 5.97 Å². The van der Waals surface area contributed by atoms with Crippen LogP contribution in [0.15, 0.2) is 60.3 Å². The SMILES string of the molecule is C=C(C)/C=C\C(=C/C)C(=O)n1cc(CC(=O)O)c2cc(OC)ccc21. The first-order chi connectivity index (χ1) is 11.9. The van der Waals surface area contributed by atoms with Crippen LogP contribution in [-0.2, 0) is 11.2 Å². The number of fused-ring (bicyclic) bond motifs is 1. The predicted octanol–water partition coefficient (Wildman–Crippen LogP) is 4.00. The minimum absolute atomic E-state index is 0.170. The summed E-state index contributed by atoms with van der Waals surface area (Å²) in [6, 6.07) is 5.25. The second-order valence-electron chi connectivity index (χ2n) is 5.71. The molecule has 0 amide bonds. The minimum atomic E-state index is -0.956. The van der Waals surface area contributed by atoms with Crippen LogP contribution in [0, 0.1) is 0 Å². The molecule has 25 heavy (non-hydrogen) atoms. The number of aliphatic carboxylic acids is 1. The van der Waals surface area contributed by atoms with E-state index in [4.69, 9.17) is 9.84 Å². The van der Waals surface area contributed by atoms with Crippen LogP contribution in [-0.4, -0.2) is 28.7 Å². The molecule has 0 aliphatic carbocycles. The molecule has 0 saturated heterocycles. The maximum atomic E-state index is 12.9. The lowest BCUT2D eigenvalue weighted by Gasteiger charge is -2.06. The van der Waals surface area contributed by atoms with Crippen LogP contribution in [0.5, 0.6) is 5.75 Å². The Bertz CT molecular complexity index is 900. The Morgan fingerprint density at radius 2 is 2.04 bits per heavy atom. The number of methoxy groups -OCH3 is 1. The zero-order valence-electron chi connectivity index (χ0n) is 14.6. The summed E-state index contributed by atoms with van der Waals surface area (Å²) in [5.74, 6) is -0.577. The number of hydrogen-bond acceptors (Lipinski definition) is 3. The number of hydrogen-bond donors (Lipinski definition) is 1. The number of carboxylic acid groups (broad SMARTS) is 1. The number of rotatable bonds is 6. The Hall–Kier alpha value is -3.08. The fourth-order valence-electron chi connectivity index (χ4n) is 2.54. The van der Waals surface area contributed by atoms with E-state index in [1.807, 2.05) is 6.92 Å². The van der Waals surface area contributed by atoms with Gasteiger partial charge < -0.3 is 9.84 Å². The third kappa shape index (κ3) is 4.07. The molecule has 0 aliphatic heterocycles. The fraction of sp³-hybridized carbons (Fsp3) is 0.200. The van der Waals surface area contributed by atoms with E-state index in [1.165, 1.54) is 4.57 Å². The van der Waals surface area contributed by atoms with Crippen LogP contribution in [0.4, 0.5) is 0 Å². The van der Waals surface area contributed by atoms with Crippen LogP contribution in [0.3, 0.4) is 0 Å². The number of carbonyl (C=O) groups is 2. The quantitative estimate of drug-likeness (QED) is 0.638. The van der Waals surface area contributed by atoms with Crippen LogP contribution in [0.2, 0.25) is 0 Å². The van der Waals surface area contributed by atoms with Crippen molar-refractivity contribution in [3.63, 3.8) is 0 Å². The molecule has 1 aromatic carbocycles. The van der Waals surface area contributed by atoms with Gasteiger partial charge in [0.15, 0.2) is 0 Å². The fourth-order valence-corrected chi connectivity index (χ4v) is 2.54. The standard InChI is InChI=1S/C20H21NO4/c1-5-14(7-6-13(2)3)20(24)21-12-15(10-19(22)23)17-11-16(25-4)8-9-18(17)21/h5-9,11-12H,2,10H2,1,3-4H3,(H,22,23)/b7-6-,14-5+. The summed E-state index contributed by atoms with van der Waals surface area (Å²) in [7, 11) is 1.54. The highest BCUT2D eigenvalue weighted by molar-refractivity contribution is 6.05. The molecule has 0 radical (unpaired) electrons. The van der Waals surface area contributed by atoms with E-state index in [0.29, 0.717) is 27.8 Å². The van der Waals surface area contributed by atoms with Gasteiger partial charge in [0, 0.05) is 17.2 Å². The van der Waals surface area contributed by atoms with Crippen molar-refractivity contribution in [3.05, 3.63) is 65.9 Å². The van der Waals surface area contributed by atoms with Crippen LogP contribution in [0.1, 0.15) is 24.2 Å². The number of ether oxygens (including phenoxy) is 1. The molecule has 5 heteroatoms. The van der Waals surface area contributed by atoms with E-state index in [9.17, 15) is 9.59 Å². The second kappa shape index (κ2) is 7.66. The summed E-state index contributed by atoms with van der Waals surface area (Å²) in [5, 5.41) is 9.83. The monoisotopic (exact) mass is 339 g/mol. The average molecular weight is 339 g/mol. The summed E-state index contributed by atoms with van der Waals surface area (Å²) in [5.41, 5.74) is 2.54. The molecule has 5 nitrogen and oxygen atoms in total. The number of carbonyl (C=O) groups excluding carboxylic acids is 1. The molecule has 2 rings (SSSR count). The van der Waals surface area contributed by atoms with E-state index < -0.39 is 5.97 Å². The van der Waals surface area contributed by atoms with E-state index in [-0.39, 0.29) is 12.3 Å². The van der Waals surface area contributed by atoms with Gasteiger partial charge in [-0.3, -0.25) is 14.2 Å². The first-order valence-electron chi connectivity index (χ1n) is 7.81. The third-order valence-electron chi connectivity index (χ3n) is 3.76. The Morgan fingerprint density at radius 3 is 2.60 bits per heavy atom. The van der Waals surface area contributed by atoms with Crippen LogP contribution in [0.25, 0.3) is 10.9 Å². The summed E-state index contributed by atoms with van der Waals surface area (Å²) in [6.07, 6.45) is 6.60. The molecule has 0 fully saturated rings. The highest BCUT2D eigenvalue weighted by Gasteiger charge is 2.17. The molecule has 0 unspecified atom stereocenters. The van der Waals surface area contributed by atoms with Gasteiger partial charge in [-0.2, -0.15) is 0 Å². The van der Waals surface area contributed by atoms with Gasteiger partial charge in [0.1, 0.15) is 5.75 Å². The molecule has 2 aromatic rings. The molecule has 0 spiro atoms. The summed E-state index contributed by atoms with van der Waals surface area (Å²) < 4.78 is 6.69. The zero-order valence-corrected chi connectivity index (χ0v) is 14.6. The topological polar surface area (TPSA) is 68.5 Å². The zero-order chi connectivity index (χ0) is 18.6. The van der Waals surface area contributed by atoms with Crippen LogP contribution < -0.4 is 4.74 Å². The van der Waals surface area contributed by atoms with E-state index in [0.717, 1.165) is 5.57 Å². The van der Waals surface area contributed by atoms with Crippen molar-refractivity contribution in [2.75, 3.05) is 7.11 Å². The minimum Gasteiger partial charge on any atom is -0.497 e. The van der Waals surface area contributed by atoms with Gasteiger partial charge in [0.25, 0.3) is 5.91 Å². The Balaban J connectivity index is 2.58. The second-order valence-corrected chi connectivity index (χ2v) is 5.71. The summed E-state index contributed by atoms with van der Waals surface area (Å²) in [4.78, 5) is 24.0. The molecule has 130 valence electrons. The van der Waals surface area contributed by atoms with Gasteiger partial charge in [-0.15, -0.1) is 0 Å². The number of allylic oxidation sites excluding steroid dienone is 5. The van der Waals surface area contributed by atoms with E-state index in [2.05, 4.69) is 6.58 Å². The van der Waals surface area contributed by atoms with E-state index in [1.54, 1.807) is 56.7 Å². The smallest absolute Gasteiger partial charge is 0.307 e. The van der Waals surface area contributed by atoms with Crippen molar-refractivity contribution < 1.29 is 19.4 Å². The van der Waals surface area contributed by atoms with Crippen molar-refractivity contribution in [1.82, 2.24) is 4.57 Å². The molecule has 1 heterocycles. The first-order valence-corrected chi connectivity index (χ1v) is 7.81. The van der Waals surface area contributed by atoms with Crippen LogP contribution >= 0.6 is 0 Å². The van der Waals surface area contributed by atoms with E-state index >= 15 is 0 Å². The van der Waals surface area contributed by atoms with Crippen molar-refractivity contribution in [1.29, 1.82) is 0 Å². The molecular weight excluding hydrogens is 318 g/mol. The lowest BCUT2D eigenvalue weighted by atomic mass is 10.1. The predicted molar refractivity (Wildman–Crippen MR) is 98.2 cm³/mol. The van der Waals surface area contributed by atoms with Gasteiger partial charge in [0.05, 0.1) is 19.0 Å². The highest BCUT2D eigenvalue weighted by atomic mass is 16.5. The van der Waals surface area contributed by atoms with Gasteiger partial charge in [0.2, 0.25) is 0 Å². The van der Waals surface area contributed by atoms with Crippen molar-refractivity contribution in [2.45, 2.75) is 20.3 Å². The Morgan fingerprint density at radius 1 is 1.32 bits per heavy atom. The van der Waals surface area contributed by atoms with Gasteiger partial charge in [-0.25, -0.2) is 0 Å². The number of benzene rings is 1. The molecular formula is C20H21NO4. The number of aromatic nitrogens is 1. The van der Waals surface area contributed by atoms with Crippen molar-refractivity contribution >= 4 is 22.8 Å². The highest BCUT2D eigenvalue weighted by Crippen LogP contribution is 2.27. The molecule has 0 aliphatic rings. The number of carboxylic acids is 1. The van der Waals surface area contributed by atoms with Crippen molar-refractivity contribution in [2.24, 2.45) is 0 Å².